The van der Waals surface area contributed by atoms with E-state index in [0.29, 0.717) is 6.29 Å². The Morgan fingerprint density at radius 3 is 2.68 bits per heavy atom. The van der Waals surface area contributed by atoms with E-state index in [1.54, 1.807) is 12.1 Å². The summed E-state index contributed by atoms with van der Waals surface area (Å²) < 4.78 is 5.12. The monoisotopic (exact) mass is 304 g/mol. The maximum Gasteiger partial charge on any atom is 0.266 e. The van der Waals surface area contributed by atoms with Gasteiger partial charge in [-0.2, -0.15) is 0 Å². The van der Waals surface area contributed by atoms with E-state index < -0.39 is 23.8 Å². The molecular weight excluding hydrogens is 288 g/mol. The number of imide groups is 1. The molecule has 22 heavy (non-hydrogen) atoms. The van der Waals surface area contributed by atoms with E-state index in [4.69, 9.17) is 4.74 Å². The number of carbonyl (C=O) groups excluding carboxylic acids is 4. The lowest BCUT2D eigenvalue weighted by molar-refractivity contribution is -0.124. The third-order valence-electron chi connectivity index (χ3n) is 3.55. The van der Waals surface area contributed by atoms with Crippen LogP contribution >= 0.6 is 0 Å². The van der Waals surface area contributed by atoms with Crippen LogP contribution in [-0.2, 0) is 9.59 Å². The molecule has 0 bridgehead atoms. The Balaban J connectivity index is 2.44. The van der Waals surface area contributed by atoms with Crippen molar-refractivity contribution < 1.29 is 23.9 Å². The molecule has 1 aromatic rings. The van der Waals surface area contributed by atoms with Gasteiger partial charge in [0.15, 0.2) is 0 Å². The van der Waals surface area contributed by atoms with Gasteiger partial charge in [0.25, 0.3) is 11.8 Å². The van der Waals surface area contributed by atoms with Gasteiger partial charge in [-0.15, -0.1) is 0 Å². The van der Waals surface area contributed by atoms with Crippen molar-refractivity contribution >= 4 is 24.0 Å². The topological polar surface area (TPSA) is 92.8 Å². The summed E-state index contributed by atoms with van der Waals surface area (Å²) in [5.74, 6) is -1.35. The Morgan fingerprint density at radius 1 is 1.36 bits per heavy atom. The van der Waals surface area contributed by atoms with Gasteiger partial charge in [-0.05, 0) is 18.6 Å². The predicted octanol–water partition coefficient (Wildman–Crippen LogP) is 0.385. The highest BCUT2D eigenvalue weighted by atomic mass is 16.5. The quantitative estimate of drug-likeness (QED) is 0.606. The minimum absolute atomic E-state index is 0.0721. The van der Waals surface area contributed by atoms with Crippen molar-refractivity contribution in [2.24, 2.45) is 0 Å². The number of hydrogen-bond donors (Lipinski definition) is 1. The van der Waals surface area contributed by atoms with Crippen molar-refractivity contribution in [1.29, 1.82) is 0 Å². The van der Waals surface area contributed by atoms with Crippen LogP contribution < -0.4 is 10.1 Å². The molecule has 1 N–H and O–H groups in total. The van der Waals surface area contributed by atoms with Crippen LogP contribution in [0.2, 0.25) is 0 Å². The molecular formula is C15H16N2O5. The Kier molecular flexibility index (Phi) is 4.55. The number of ether oxygens (including phenoxy) is 1. The number of likely N-dealkylation sites (N-methyl/N-ethyl adjacent to an activating group) is 1. The number of carbonyl (C=O) groups is 4. The maximum atomic E-state index is 12.6. The molecule has 0 fully saturated rings. The highest BCUT2D eigenvalue weighted by Gasteiger charge is 2.43. The van der Waals surface area contributed by atoms with Crippen molar-refractivity contribution in [3.05, 3.63) is 29.3 Å². The minimum Gasteiger partial charge on any atom is -0.496 e. The van der Waals surface area contributed by atoms with Crippen LogP contribution in [-0.4, -0.2) is 49.1 Å². The number of aldehydes is 1. The molecule has 0 saturated heterocycles. The molecule has 3 amide bonds. The van der Waals surface area contributed by atoms with Crippen LogP contribution in [0.25, 0.3) is 0 Å². The molecule has 2 rings (SSSR count). The van der Waals surface area contributed by atoms with Crippen LogP contribution in [0.1, 0.15) is 33.6 Å². The molecule has 116 valence electrons. The number of methoxy groups -OCH3 is 1. The van der Waals surface area contributed by atoms with E-state index in [1.807, 2.05) is 0 Å². The van der Waals surface area contributed by atoms with Gasteiger partial charge >= 0.3 is 0 Å². The van der Waals surface area contributed by atoms with Crippen LogP contribution in [0.15, 0.2) is 18.2 Å². The molecule has 0 aromatic heterocycles. The van der Waals surface area contributed by atoms with Crippen LogP contribution in [0.5, 0.6) is 5.75 Å². The van der Waals surface area contributed by atoms with Gasteiger partial charge in [0.05, 0.1) is 18.2 Å². The van der Waals surface area contributed by atoms with Crippen LogP contribution in [0.4, 0.5) is 0 Å². The first-order chi connectivity index (χ1) is 10.6. The normalized spacial score (nSPS) is 14.5. The summed E-state index contributed by atoms with van der Waals surface area (Å²) in [6.45, 7) is 0. The summed E-state index contributed by atoms with van der Waals surface area (Å²) in [6.07, 6.45) is 0.800. The summed E-state index contributed by atoms with van der Waals surface area (Å²) in [5, 5.41) is 2.42. The number of nitrogens with one attached hydrogen (secondary N) is 1. The molecule has 1 heterocycles. The second kappa shape index (κ2) is 6.38. The van der Waals surface area contributed by atoms with Crippen molar-refractivity contribution in [1.82, 2.24) is 10.2 Å². The fourth-order valence-corrected chi connectivity index (χ4v) is 2.50. The molecule has 1 unspecified atom stereocenters. The summed E-state index contributed by atoms with van der Waals surface area (Å²) in [6, 6.07) is 3.67. The van der Waals surface area contributed by atoms with Crippen molar-refractivity contribution in [2.75, 3.05) is 14.2 Å². The van der Waals surface area contributed by atoms with Gasteiger partial charge in [0.2, 0.25) is 5.91 Å². The van der Waals surface area contributed by atoms with Gasteiger partial charge in [-0.3, -0.25) is 19.3 Å². The molecule has 0 aliphatic carbocycles. The molecule has 0 saturated carbocycles. The number of hydrogen-bond acceptors (Lipinski definition) is 5. The molecule has 1 aliphatic rings. The molecule has 7 heteroatoms. The molecule has 0 radical (unpaired) electrons. The number of rotatable bonds is 6. The second-order valence-electron chi connectivity index (χ2n) is 4.74. The van der Waals surface area contributed by atoms with Crippen LogP contribution in [0.3, 0.4) is 0 Å². The summed E-state index contributed by atoms with van der Waals surface area (Å²) in [4.78, 5) is 48.5. The zero-order valence-electron chi connectivity index (χ0n) is 12.3. The van der Waals surface area contributed by atoms with Crippen molar-refractivity contribution in [3.8, 4) is 5.75 Å². The Bertz CT molecular complexity index is 641. The lowest BCUT2D eigenvalue weighted by Gasteiger charge is -2.24. The van der Waals surface area contributed by atoms with Gasteiger partial charge < -0.3 is 14.8 Å². The third-order valence-corrected chi connectivity index (χ3v) is 3.55. The average molecular weight is 304 g/mol. The van der Waals surface area contributed by atoms with E-state index >= 15 is 0 Å². The van der Waals surface area contributed by atoms with Gasteiger partial charge in [0.1, 0.15) is 18.1 Å². The smallest absolute Gasteiger partial charge is 0.266 e. The highest BCUT2D eigenvalue weighted by molar-refractivity contribution is 6.24. The third kappa shape index (κ3) is 2.45. The second-order valence-corrected chi connectivity index (χ2v) is 4.74. The largest absolute Gasteiger partial charge is 0.496 e. The standard InChI is InChI=1S/C15H16N2O5/c1-16-13(19)10(6-4-8-18)17-14(20)9-5-3-7-11(22-2)12(9)15(17)21/h3,5,7-8,10H,4,6H2,1-2H3,(H,16,19). The zero-order valence-corrected chi connectivity index (χ0v) is 12.3. The summed E-state index contributed by atoms with van der Waals surface area (Å²) in [5.41, 5.74) is 0.347. The lowest BCUT2D eigenvalue weighted by atomic mass is 10.1. The number of fused-ring (bicyclic) bond motifs is 1. The fraction of sp³-hybridized carbons (Fsp3) is 0.333. The summed E-state index contributed by atoms with van der Waals surface area (Å²) >= 11 is 0. The van der Waals surface area contributed by atoms with Crippen LogP contribution in [0, 0.1) is 0 Å². The van der Waals surface area contributed by atoms with E-state index in [1.165, 1.54) is 20.2 Å². The SMILES string of the molecule is CNC(=O)C(CCC=O)N1C(=O)c2cccc(OC)c2C1=O. The average Bonchev–Trinajstić information content (AvgIpc) is 2.80. The van der Waals surface area contributed by atoms with E-state index in [9.17, 15) is 19.2 Å². The minimum atomic E-state index is -1.02. The molecule has 1 aromatic carbocycles. The first kappa shape index (κ1) is 15.7. The molecule has 0 spiro atoms. The van der Waals surface area contributed by atoms with Gasteiger partial charge in [0, 0.05) is 13.5 Å². The molecule has 1 aliphatic heterocycles. The number of nitrogens with zero attached hydrogens (tertiary/aromatic N) is 1. The first-order valence-electron chi connectivity index (χ1n) is 6.77. The van der Waals surface area contributed by atoms with Crippen molar-refractivity contribution in [2.45, 2.75) is 18.9 Å². The van der Waals surface area contributed by atoms with Gasteiger partial charge in [-0.1, -0.05) is 6.07 Å². The maximum absolute atomic E-state index is 12.6. The van der Waals surface area contributed by atoms with Crippen molar-refractivity contribution in [3.63, 3.8) is 0 Å². The van der Waals surface area contributed by atoms with E-state index in [2.05, 4.69) is 5.32 Å². The predicted molar refractivity (Wildman–Crippen MR) is 76.6 cm³/mol. The molecule has 1 atom stereocenters. The fourth-order valence-electron chi connectivity index (χ4n) is 2.50. The first-order valence-corrected chi connectivity index (χ1v) is 6.77. The molecule has 7 nitrogen and oxygen atoms in total. The lowest BCUT2D eigenvalue weighted by Crippen LogP contribution is -2.48. The Morgan fingerprint density at radius 2 is 2.09 bits per heavy atom. The number of amides is 3. The van der Waals surface area contributed by atoms with E-state index in [-0.39, 0.29) is 29.7 Å². The number of benzene rings is 1. The van der Waals surface area contributed by atoms with E-state index in [0.717, 1.165) is 4.90 Å². The highest BCUT2D eigenvalue weighted by Crippen LogP contribution is 2.32. The summed E-state index contributed by atoms with van der Waals surface area (Å²) in [7, 11) is 2.81. The Hall–Kier alpha value is -2.70. The Labute approximate surface area is 127 Å². The van der Waals surface area contributed by atoms with Gasteiger partial charge in [-0.25, -0.2) is 0 Å². The zero-order chi connectivity index (χ0) is 16.3.